The van der Waals surface area contributed by atoms with E-state index in [2.05, 4.69) is 15.6 Å². The van der Waals surface area contributed by atoms with Crippen molar-refractivity contribution >= 4 is 28.3 Å². The first-order chi connectivity index (χ1) is 14.0. The largest absolute Gasteiger partial charge is 0.494 e. The molecule has 0 aliphatic heterocycles. The second-order valence-corrected chi connectivity index (χ2v) is 7.11. The molecule has 6 nitrogen and oxygen atoms in total. The highest BCUT2D eigenvalue weighted by atomic mass is 32.1. The van der Waals surface area contributed by atoms with Gasteiger partial charge in [-0.1, -0.05) is 18.2 Å². The second-order valence-electron chi connectivity index (χ2n) is 6.26. The molecule has 0 radical (unpaired) electrons. The van der Waals surface area contributed by atoms with Gasteiger partial charge >= 0.3 is 0 Å². The van der Waals surface area contributed by atoms with Gasteiger partial charge in [0.15, 0.2) is 16.7 Å². The number of thiazole rings is 1. The summed E-state index contributed by atoms with van der Waals surface area (Å²) in [5, 5.41) is 7.57. The van der Waals surface area contributed by atoms with Gasteiger partial charge in [-0.2, -0.15) is 0 Å². The minimum absolute atomic E-state index is 0.115. The number of amides is 2. The number of carbonyl (C=O) groups excluding carboxylic acids is 2. The van der Waals surface area contributed by atoms with E-state index in [9.17, 15) is 14.0 Å². The van der Waals surface area contributed by atoms with Crippen molar-refractivity contribution < 1.29 is 18.7 Å². The molecule has 150 valence electrons. The van der Waals surface area contributed by atoms with E-state index in [0.717, 1.165) is 5.56 Å². The van der Waals surface area contributed by atoms with Gasteiger partial charge in [-0.25, -0.2) is 9.37 Å². The third kappa shape index (κ3) is 5.17. The zero-order valence-electron chi connectivity index (χ0n) is 16.0. The predicted octanol–water partition coefficient (Wildman–Crippen LogP) is 4.02. The lowest BCUT2D eigenvalue weighted by atomic mass is 10.1. The molecule has 0 aliphatic carbocycles. The van der Waals surface area contributed by atoms with Gasteiger partial charge in [0.2, 0.25) is 5.91 Å². The standard InChI is InChI=1S/C21H20FN3O3S/c1-13-5-3-4-6-15(13)20(27)23-10-9-19(26)25-21-24-17(12-29-21)14-7-8-18(28-2)16(22)11-14/h3-8,11-12H,9-10H2,1-2H3,(H,23,27)(H,24,25,26). The summed E-state index contributed by atoms with van der Waals surface area (Å²) in [6.07, 6.45) is 0.115. The smallest absolute Gasteiger partial charge is 0.251 e. The Morgan fingerprint density at radius 2 is 2.00 bits per heavy atom. The molecule has 1 aromatic heterocycles. The fourth-order valence-electron chi connectivity index (χ4n) is 2.68. The molecule has 0 atom stereocenters. The van der Waals surface area contributed by atoms with Crippen LogP contribution in [0.2, 0.25) is 0 Å². The van der Waals surface area contributed by atoms with Crippen LogP contribution in [-0.2, 0) is 4.79 Å². The predicted molar refractivity (Wildman–Crippen MR) is 111 cm³/mol. The Labute approximate surface area is 171 Å². The minimum atomic E-state index is -0.479. The van der Waals surface area contributed by atoms with Gasteiger partial charge in [-0.05, 0) is 36.8 Å². The normalized spacial score (nSPS) is 10.4. The van der Waals surface area contributed by atoms with Crippen molar-refractivity contribution in [2.45, 2.75) is 13.3 Å². The second kappa shape index (κ2) is 9.29. The van der Waals surface area contributed by atoms with Crippen LogP contribution in [0.3, 0.4) is 0 Å². The summed E-state index contributed by atoms with van der Waals surface area (Å²) in [5.74, 6) is -0.802. The molecule has 0 saturated carbocycles. The highest BCUT2D eigenvalue weighted by molar-refractivity contribution is 7.14. The zero-order chi connectivity index (χ0) is 20.8. The van der Waals surface area contributed by atoms with E-state index < -0.39 is 5.82 Å². The fraction of sp³-hybridized carbons (Fsp3) is 0.190. The van der Waals surface area contributed by atoms with Gasteiger partial charge in [0.25, 0.3) is 5.91 Å². The van der Waals surface area contributed by atoms with E-state index >= 15 is 0 Å². The van der Waals surface area contributed by atoms with Gasteiger partial charge in [0, 0.05) is 29.5 Å². The number of anilines is 1. The number of ether oxygens (including phenoxy) is 1. The van der Waals surface area contributed by atoms with Crippen molar-refractivity contribution in [1.82, 2.24) is 10.3 Å². The summed E-state index contributed by atoms with van der Waals surface area (Å²) in [5.41, 5.74) is 2.61. The summed E-state index contributed by atoms with van der Waals surface area (Å²) >= 11 is 1.24. The number of benzene rings is 2. The van der Waals surface area contributed by atoms with Crippen molar-refractivity contribution in [2.24, 2.45) is 0 Å². The highest BCUT2D eigenvalue weighted by Crippen LogP contribution is 2.28. The quantitative estimate of drug-likeness (QED) is 0.613. The van der Waals surface area contributed by atoms with Gasteiger partial charge in [-0.3, -0.25) is 9.59 Å². The summed E-state index contributed by atoms with van der Waals surface area (Å²) in [6, 6.07) is 11.8. The Hall–Kier alpha value is -3.26. The SMILES string of the molecule is COc1ccc(-c2csc(NC(=O)CCNC(=O)c3ccccc3C)n2)cc1F. The molecule has 0 bridgehead atoms. The molecule has 3 rings (SSSR count). The summed E-state index contributed by atoms with van der Waals surface area (Å²) < 4.78 is 18.8. The third-order valence-electron chi connectivity index (χ3n) is 4.23. The Kier molecular flexibility index (Phi) is 6.56. The number of hydrogen-bond acceptors (Lipinski definition) is 5. The Balaban J connectivity index is 1.52. The van der Waals surface area contributed by atoms with Crippen LogP contribution < -0.4 is 15.4 Å². The maximum Gasteiger partial charge on any atom is 0.251 e. The molecule has 3 aromatic rings. The summed E-state index contributed by atoms with van der Waals surface area (Å²) in [7, 11) is 1.40. The Morgan fingerprint density at radius 1 is 1.21 bits per heavy atom. The number of methoxy groups -OCH3 is 1. The van der Waals surface area contributed by atoms with Gasteiger partial charge < -0.3 is 15.4 Å². The molecular formula is C21H20FN3O3S. The first-order valence-corrected chi connectivity index (χ1v) is 9.79. The molecule has 2 amide bonds. The van der Waals surface area contributed by atoms with E-state index in [4.69, 9.17) is 4.74 Å². The molecule has 8 heteroatoms. The lowest BCUT2D eigenvalue weighted by Crippen LogP contribution is -2.28. The molecule has 0 fully saturated rings. The van der Waals surface area contributed by atoms with Crippen molar-refractivity contribution in [3.8, 4) is 17.0 Å². The topological polar surface area (TPSA) is 80.3 Å². The van der Waals surface area contributed by atoms with Crippen molar-refractivity contribution in [3.63, 3.8) is 0 Å². The molecule has 2 aromatic carbocycles. The highest BCUT2D eigenvalue weighted by Gasteiger charge is 2.12. The zero-order valence-corrected chi connectivity index (χ0v) is 16.8. The van der Waals surface area contributed by atoms with Crippen LogP contribution in [0.1, 0.15) is 22.3 Å². The number of carbonyl (C=O) groups is 2. The molecule has 29 heavy (non-hydrogen) atoms. The molecule has 0 unspecified atom stereocenters. The molecule has 0 aliphatic rings. The van der Waals surface area contributed by atoms with Crippen LogP contribution >= 0.6 is 11.3 Å². The number of nitrogens with zero attached hydrogens (tertiary/aromatic N) is 1. The average molecular weight is 413 g/mol. The number of nitrogens with one attached hydrogen (secondary N) is 2. The van der Waals surface area contributed by atoms with Crippen molar-refractivity contribution in [1.29, 1.82) is 0 Å². The average Bonchev–Trinajstić information content (AvgIpc) is 3.16. The number of rotatable bonds is 7. The van der Waals surface area contributed by atoms with Crippen LogP contribution in [0.5, 0.6) is 5.75 Å². The lowest BCUT2D eigenvalue weighted by Gasteiger charge is -2.07. The van der Waals surface area contributed by atoms with Crippen molar-refractivity contribution in [2.75, 3.05) is 19.0 Å². The maximum absolute atomic E-state index is 13.9. The van der Waals surface area contributed by atoms with E-state index in [0.29, 0.717) is 22.0 Å². The molecule has 0 spiro atoms. The Morgan fingerprint density at radius 3 is 2.72 bits per heavy atom. The van der Waals surface area contributed by atoms with Crippen molar-refractivity contribution in [3.05, 3.63) is 64.8 Å². The minimum Gasteiger partial charge on any atom is -0.494 e. The third-order valence-corrected chi connectivity index (χ3v) is 4.98. The van der Waals surface area contributed by atoms with Crippen LogP contribution in [0.15, 0.2) is 47.8 Å². The molecule has 0 saturated heterocycles. The van der Waals surface area contributed by atoms with Crippen LogP contribution in [-0.4, -0.2) is 30.5 Å². The molecule has 1 heterocycles. The van der Waals surface area contributed by atoms with Gasteiger partial charge in [0.05, 0.1) is 12.8 Å². The van der Waals surface area contributed by atoms with E-state index in [1.165, 1.54) is 30.6 Å². The van der Waals surface area contributed by atoms with Crippen LogP contribution in [0, 0.1) is 12.7 Å². The Bertz CT molecular complexity index is 1040. The first kappa shape index (κ1) is 20.5. The number of aryl methyl sites for hydroxylation is 1. The first-order valence-electron chi connectivity index (χ1n) is 8.91. The van der Waals surface area contributed by atoms with Crippen LogP contribution in [0.25, 0.3) is 11.3 Å². The monoisotopic (exact) mass is 413 g/mol. The van der Waals surface area contributed by atoms with Gasteiger partial charge in [-0.15, -0.1) is 11.3 Å². The van der Waals surface area contributed by atoms with E-state index in [1.807, 2.05) is 19.1 Å². The van der Waals surface area contributed by atoms with Gasteiger partial charge in [0.1, 0.15) is 0 Å². The maximum atomic E-state index is 13.9. The summed E-state index contributed by atoms with van der Waals surface area (Å²) in [4.78, 5) is 28.6. The number of hydrogen-bond donors (Lipinski definition) is 2. The van der Waals surface area contributed by atoms with E-state index in [-0.39, 0.29) is 30.5 Å². The number of aromatic nitrogens is 1. The number of halogens is 1. The molecular weight excluding hydrogens is 393 g/mol. The van der Waals surface area contributed by atoms with E-state index in [1.54, 1.807) is 23.6 Å². The summed E-state index contributed by atoms with van der Waals surface area (Å²) in [6.45, 7) is 2.07. The fourth-order valence-corrected chi connectivity index (χ4v) is 3.42. The molecule has 2 N–H and O–H groups in total. The lowest BCUT2D eigenvalue weighted by molar-refractivity contribution is -0.116. The van der Waals surface area contributed by atoms with Crippen LogP contribution in [0.4, 0.5) is 9.52 Å².